The first-order valence-electron chi connectivity index (χ1n) is 7.90. The molecule has 8 heteroatoms. The van der Waals surface area contributed by atoms with Crippen LogP contribution in [0.15, 0.2) is 30.3 Å². The Morgan fingerprint density at radius 3 is 2.52 bits per heavy atom. The number of hydrogen-bond acceptors (Lipinski definition) is 5. The monoisotopic (exact) mass is 347 g/mol. The van der Waals surface area contributed by atoms with Gasteiger partial charge in [0.1, 0.15) is 12.1 Å². The zero-order valence-electron chi connectivity index (χ0n) is 14.2. The fraction of sp³-hybridized carbons (Fsp3) is 0.412. The maximum absolute atomic E-state index is 12.6. The van der Waals surface area contributed by atoms with Gasteiger partial charge in [0.2, 0.25) is 0 Å². The number of amides is 4. The van der Waals surface area contributed by atoms with Gasteiger partial charge in [-0.15, -0.1) is 0 Å². The van der Waals surface area contributed by atoms with Gasteiger partial charge in [0.25, 0.3) is 11.8 Å². The van der Waals surface area contributed by atoms with Crippen LogP contribution in [0.1, 0.15) is 25.8 Å². The van der Waals surface area contributed by atoms with E-state index in [1.54, 1.807) is 6.92 Å². The minimum atomic E-state index is -1.13. The van der Waals surface area contributed by atoms with Gasteiger partial charge in [-0.25, -0.2) is 4.79 Å². The third-order valence-electron chi connectivity index (χ3n) is 4.10. The normalized spacial score (nSPS) is 21.0. The average Bonchev–Trinajstić information content (AvgIpc) is 2.77. The predicted molar refractivity (Wildman–Crippen MR) is 88.2 cm³/mol. The number of rotatable bonds is 7. The first kappa shape index (κ1) is 18.4. The molecule has 2 atom stereocenters. The van der Waals surface area contributed by atoms with Gasteiger partial charge in [0.15, 0.2) is 6.10 Å². The summed E-state index contributed by atoms with van der Waals surface area (Å²) in [5, 5.41) is 2.62. The summed E-state index contributed by atoms with van der Waals surface area (Å²) in [6.07, 6.45) is -0.136. The number of aryl methyl sites for hydroxylation is 1. The van der Waals surface area contributed by atoms with E-state index in [1.807, 2.05) is 30.3 Å². The molecule has 0 bridgehead atoms. The molecule has 1 aromatic rings. The number of primary amides is 1. The molecule has 0 aromatic heterocycles. The third kappa shape index (κ3) is 4.34. The molecule has 25 heavy (non-hydrogen) atoms. The molecule has 1 heterocycles. The van der Waals surface area contributed by atoms with Crippen LogP contribution < -0.4 is 11.1 Å². The molecule has 2 rings (SSSR count). The van der Waals surface area contributed by atoms with E-state index >= 15 is 0 Å². The van der Waals surface area contributed by atoms with E-state index in [0.717, 1.165) is 10.5 Å². The van der Waals surface area contributed by atoms with Crippen molar-refractivity contribution in [3.63, 3.8) is 0 Å². The standard InChI is InChI=1S/C17H21N3O5/c1-11(14(18)22)25-13(21)10-20-15(23)17(2,19-16(20)24)9-8-12-6-4-3-5-7-12/h3-7,11H,8-10H2,1-2H3,(H2,18,22)(H,19,24)/t11-,17+/m1/s1. The van der Waals surface area contributed by atoms with Crippen molar-refractivity contribution in [1.82, 2.24) is 10.2 Å². The number of carbonyl (C=O) groups excluding carboxylic acids is 4. The molecule has 3 N–H and O–H groups in total. The van der Waals surface area contributed by atoms with Crippen LogP contribution in [0, 0.1) is 0 Å². The summed E-state index contributed by atoms with van der Waals surface area (Å²) < 4.78 is 4.78. The van der Waals surface area contributed by atoms with Gasteiger partial charge in [-0.1, -0.05) is 30.3 Å². The number of esters is 1. The van der Waals surface area contributed by atoms with Crippen molar-refractivity contribution < 1.29 is 23.9 Å². The van der Waals surface area contributed by atoms with Gasteiger partial charge in [0.05, 0.1) is 0 Å². The number of urea groups is 1. The van der Waals surface area contributed by atoms with Gasteiger partial charge in [-0.05, 0) is 32.3 Å². The number of ether oxygens (including phenoxy) is 1. The van der Waals surface area contributed by atoms with Gasteiger partial charge >= 0.3 is 12.0 Å². The van der Waals surface area contributed by atoms with Crippen LogP contribution in [-0.2, 0) is 25.5 Å². The summed E-state index contributed by atoms with van der Waals surface area (Å²) in [4.78, 5) is 48.1. The van der Waals surface area contributed by atoms with E-state index in [-0.39, 0.29) is 0 Å². The quantitative estimate of drug-likeness (QED) is 0.545. The number of carbonyl (C=O) groups is 4. The molecular weight excluding hydrogens is 326 g/mol. The fourth-order valence-electron chi connectivity index (χ4n) is 2.52. The van der Waals surface area contributed by atoms with Crippen LogP contribution in [0.5, 0.6) is 0 Å². The summed E-state index contributed by atoms with van der Waals surface area (Å²) in [6.45, 7) is 2.37. The van der Waals surface area contributed by atoms with Crippen molar-refractivity contribution in [3.8, 4) is 0 Å². The van der Waals surface area contributed by atoms with Crippen LogP contribution in [-0.4, -0.2) is 46.9 Å². The molecule has 0 unspecified atom stereocenters. The summed E-state index contributed by atoms with van der Waals surface area (Å²) in [6, 6.07) is 8.90. The van der Waals surface area contributed by atoms with Crippen molar-refractivity contribution in [3.05, 3.63) is 35.9 Å². The van der Waals surface area contributed by atoms with E-state index < -0.39 is 42.0 Å². The fourth-order valence-corrected chi connectivity index (χ4v) is 2.52. The molecule has 1 aliphatic heterocycles. The zero-order valence-corrected chi connectivity index (χ0v) is 14.2. The minimum absolute atomic E-state index is 0.394. The Kier molecular flexibility index (Phi) is 5.41. The number of nitrogens with one attached hydrogen (secondary N) is 1. The minimum Gasteiger partial charge on any atom is -0.451 e. The molecule has 0 saturated carbocycles. The molecule has 1 saturated heterocycles. The highest BCUT2D eigenvalue weighted by atomic mass is 16.5. The molecule has 1 aromatic carbocycles. The average molecular weight is 347 g/mol. The van der Waals surface area contributed by atoms with Crippen molar-refractivity contribution >= 4 is 23.8 Å². The zero-order chi connectivity index (χ0) is 18.6. The summed E-state index contributed by atoms with van der Waals surface area (Å²) in [5.41, 5.74) is 4.95. The second-order valence-corrected chi connectivity index (χ2v) is 6.17. The lowest BCUT2D eigenvalue weighted by atomic mass is 9.93. The lowest BCUT2D eigenvalue weighted by Crippen LogP contribution is -2.45. The van der Waals surface area contributed by atoms with Crippen molar-refractivity contribution in [2.75, 3.05) is 6.54 Å². The molecule has 134 valence electrons. The highest BCUT2D eigenvalue weighted by molar-refractivity contribution is 6.08. The van der Waals surface area contributed by atoms with E-state index in [0.29, 0.717) is 12.8 Å². The Bertz CT molecular complexity index is 691. The summed E-state index contributed by atoms with van der Waals surface area (Å²) >= 11 is 0. The maximum atomic E-state index is 12.6. The van der Waals surface area contributed by atoms with E-state index in [1.165, 1.54) is 6.92 Å². The number of hydrogen-bond donors (Lipinski definition) is 2. The lowest BCUT2D eigenvalue weighted by molar-refractivity contribution is -0.155. The molecule has 1 fully saturated rings. The van der Waals surface area contributed by atoms with E-state index in [9.17, 15) is 19.2 Å². The number of nitrogens with zero attached hydrogens (tertiary/aromatic N) is 1. The van der Waals surface area contributed by atoms with Gasteiger partial charge in [-0.3, -0.25) is 19.3 Å². The molecule has 0 spiro atoms. The molecule has 8 nitrogen and oxygen atoms in total. The second-order valence-electron chi connectivity index (χ2n) is 6.17. The molecule has 0 aliphatic carbocycles. The molecular formula is C17H21N3O5. The molecule has 0 radical (unpaired) electrons. The highest BCUT2D eigenvalue weighted by Gasteiger charge is 2.48. The van der Waals surface area contributed by atoms with E-state index in [4.69, 9.17) is 10.5 Å². The predicted octanol–water partition coefficient (Wildman–Crippen LogP) is 0.347. The van der Waals surface area contributed by atoms with Crippen molar-refractivity contribution in [2.45, 2.75) is 38.3 Å². The molecule has 1 aliphatic rings. The van der Waals surface area contributed by atoms with Crippen LogP contribution >= 0.6 is 0 Å². The Labute approximate surface area is 145 Å². The Hall–Kier alpha value is -2.90. The smallest absolute Gasteiger partial charge is 0.327 e. The largest absolute Gasteiger partial charge is 0.451 e. The van der Waals surface area contributed by atoms with Crippen LogP contribution in [0.25, 0.3) is 0 Å². The van der Waals surface area contributed by atoms with Crippen molar-refractivity contribution in [2.24, 2.45) is 5.73 Å². The molecule has 4 amide bonds. The van der Waals surface area contributed by atoms with Crippen LogP contribution in [0.2, 0.25) is 0 Å². The number of benzene rings is 1. The Balaban J connectivity index is 1.98. The number of nitrogens with two attached hydrogens (primary N) is 1. The van der Waals surface area contributed by atoms with Crippen LogP contribution in [0.3, 0.4) is 0 Å². The first-order chi connectivity index (χ1) is 11.7. The van der Waals surface area contributed by atoms with E-state index in [2.05, 4.69) is 5.32 Å². The van der Waals surface area contributed by atoms with Gasteiger partial charge in [0, 0.05) is 0 Å². The lowest BCUT2D eigenvalue weighted by Gasteiger charge is -2.21. The van der Waals surface area contributed by atoms with Gasteiger partial charge in [-0.2, -0.15) is 0 Å². The van der Waals surface area contributed by atoms with Crippen LogP contribution in [0.4, 0.5) is 4.79 Å². The van der Waals surface area contributed by atoms with Gasteiger partial charge < -0.3 is 15.8 Å². The third-order valence-corrected chi connectivity index (χ3v) is 4.10. The summed E-state index contributed by atoms with van der Waals surface area (Å²) in [7, 11) is 0. The number of imide groups is 1. The Morgan fingerprint density at radius 2 is 1.92 bits per heavy atom. The Morgan fingerprint density at radius 1 is 1.28 bits per heavy atom. The second kappa shape index (κ2) is 7.33. The first-order valence-corrected chi connectivity index (χ1v) is 7.90. The maximum Gasteiger partial charge on any atom is 0.327 e. The highest BCUT2D eigenvalue weighted by Crippen LogP contribution is 2.23. The topological polar surface area (TPSA) is 119 Å². The summed E-state index contributed by atoms with van der Waals surface area (Å²) in [5.74, 6) is -2.18. The SMILES string of the molecule is C[C@@H](OC(=O)CN1C(=O)N[C@@](C)(CCc2ccccc2)C1=O)C(N)=O. The van der Waals surface area contributed by atoms with Crippen molar-refractivity contribution in [1.29, 1.82) is 0 Å².